The molecule has 1 aliphatic rings. The summed E-state index contributed by atoms with van der Waals surface area (Å²) in [5.41, 5.74) is 0.914. The quantitative estimate of drug-likeness (QED) is 0.873. The molecular formula is C14H19F2NO2S. The molecule has 0 spiro atoms. The van der Waals surface area contributed by atoms with Crippen LogP contribution in [-0.2, 0) is 6.54 Å². The van der Waals surface area contributed by atoms with Gasteiger partial charge in [0.05, 0.1) is 7.11 Å². The lowest BCUT2D eigenvalue weighted by atomic mass is 10.1. The number of nitrogens with one attached hydrogen (secondary N) is 1. The van der Waals surface area contributed by atoms with Crippen LogP contribution in [-0.4, -0.2) is 31.3 Å². The third kappa shape index (κ3) is 4.52. The molecule has 6 heteroatoms. The van der Waals surface area contributed by atoms with Gasteiger partial charge in [-0.15, -0.1) is 0 Å². The SMILES string of the molecule is COc1ccc(CNC2CCCSC2)cc1OC(F)F. The highest BCUT2D eigenvalue weighted by Gasteiger charge is 2.14. The van der Waals surface area contributed by atoms with Crippen molar-refractivity contribution in [3.05, 3.63) is 23.8 Å². The number of alkyl halides is 2. The normalized spacial score (nSPS) is 19.1. The summed E-state index contributed by atoms with van der Waals surface area (Å²) < 4.78 is 34.2. The van der Waals surface area contributed by atoms with Crippen molar-refractivity contribution in [3.63, 3.8) is 0 Å². The van der Waals surface area contributed by atoms with Crippen LogP contribution in [0.2, 0.25) is 0 Å². The minimum atomic E-state index is -2.85. The predicted octanol–water partition coefficient (Wildman–Crippen LogP) is 3.28. The Hall–Kier alpha value is -1.01. The fraction of sp³-hybridized carbons (Fsp3) is 0.571. The molecule has 0 bridgehead atoms. The number of thioether (sulfide) groups is 1. The largest absolute Gasteiger partial charge is 0.493 e. The van der Waals surface area contributed by atoms with Gasteiger partial charge in [0.1, 0.15) is 0 Å². The van der Waals surface area contributed by atoms with Gasteiger partial charge in [0, 0.05) is 18.3 Å². The topological polar surface area (TPSA) is 30.5 Å². The molecule has 2 rings (SSSR count). The van der Waals surface area contributed by atoms with Crippen molar-refractivity contribution in [2.45, 2.75) is 32.0 Å². The molecule has 1 fully saturated rings. The van der Waals surface area contributed by atoms with Crippen LogP contribution in [0.1, 0.15) is 18.4 Å². The van der Waals surface area contributed by atoms with Gasteiger partial charge in [0.2, 0.25) is 0 Å². The van der Waals surface area contributed by atoms with Crippen LogP contribution in [0, 0.1) is 0 Å². The Morgan fingerprint density at radius 2 is 2.25 bits per heavy atom. The predicted molar refractivity (Wildman–Crippen MR) is 76.8 cm³/mol. The number of rotatable bonds is 6. The second-order valence-corrected chi connectivity index (χ2v) is 5.81. The van der Waals surface area contributed by atoms with E-state index < -0.39 is 6.61 Å². The highest BCUT2D eigenvalue weighted by molar-refractivity contribution is 7.99. The zero-order valence-electron chi connectivity index (χ0n) is 11.4. The van der Waals surface area contributed by atoms with E-state index in [-0.39, 0.29) is 5.75 Å². The molecule has 3 nitrogen and oxygen atoms in total. The van der Waals surface area contributed by atoms with Crippen molar-refractivity contribution in [3.8, 4) is 11.5 Å². The molecule has 1 heterocycles. The lowest BCUT2D eigenvalue weighted by molar-refractivity contribution is -0.0512. The number of benzene rings is 1. The number of methoxy groups -OCH3 is 1. The van der Waals surface area contributed by atoms with Crippen molar-refractivity contribution >= 4 is 11.8 Å². The standard InChI is InChI=1S/C14H19F2NO2S/c1-18-12-5-4-10(7-13(12)19-14(15)16)8-17-11-3-2-6-20-9-11/h4-5,7,11,14,17H,2-3,6,8-9H2,1H3. The molecule has 0 aliphatic carbocycles. The number of ether oxygens (including phenoxy) is 2. The summed E-state index contributed by atoms with van der Waals surface area (Å²) in [5, 5.41) is 3.45. The Morgan fingerprint density at radius 1 is 1.40 bits per heavy atom. The monoisotopic (exact) mass is 303 g/mol. The van der Waals surface area contributed by atoms with E-state index in [0.717, 1.165) is 11.3 Å². The van der Waals surface area contributed by atoms with E-state index >= 15 is 0 Å². The van der Waals surface area contributed by atoms with Crippen LogP contribution in [0.5, 0.6) is 11.5 Å². The summed E-state index contributed by atoms with van der Waals surface area (Å²) in [6, 6.07) is 5.62. The fourth-order valence-electron chi connectivity index (χ4n) is 2.18. The Morgan fingerprint density at radius 3 is 2.90 bits per heavy atom. The smallest absolute Gasteiger partial charge is 0.387 e. The molecular weight excluding hydrogens is 284 g/mol. The zero-order valence-corrected chi connectivity index (χ0v) is 12.2. The molecule has 0 radical (unpaired) electrons. The molecule has 112 valence electrons. The summed E-state index contributed by atoms with van der Waals surface area (Å²) in [5.74, 6) is 2.74. The number of hydrogen-bond donors (Lipinski definition) is 1. The van der Waals surface area contributed by atoms with Gasteiger partial charge < -0.3 is 14.8 Å². The third-order valence-corrected chi connectivity index (χ3v) is 4.41. The Balaban J connectivity index is 1.96. The van der Waals surface area contributed by atoms with Crippen LogP contribution in [0.4, 0.5) is 8.78 Å². The number of halogens is 2. The average Bonchev–Trinajstić information content (AvgIpc) is 2.46. The van der Waals surface area contributed by atoms with Gasteiger partial charge in [0.25, 0.3) is 0 Å². The second-order valence-electron chi connectivity index (χ2n) is 4.66. The van der Waals surface area contributed by atoms with Gasteiger partial charge in [-0.3, -0.25) is 0 Å². The lowest BCUT2D eigenvalue weighted by Gasteiger charge is -2.22. The van der Waals surface area contributed by atoms with E-state index in [1.165, 1.54) is 25.7 Å². The van der Waals surface area contributed by atoms with E-state index in [4.69, 9.17) is 4.74 Å². The van der Waals surface area contributed by atoms with Crippen LogP contribution < -0.4 is 14.8 Å². The average molecular weight is 303 g/mol. The van der Waals surface area contributed by atoms with E-state index in [9.17, 15) is 8.78 Å². The Kier molecular flexibility index (Phi) is 5.91. The summed E-state index contributed by atoms with van der Waals surface area (Å²) >= 11 is 1.95. The molecule has 20 heavy (non-hydrogen) atoms. The fourth-order valence-corrected chi connectivity index (χ4v) is 3.29. The maximum atomic E-state index is 12.3. The van der Waals surface area contributed by atoms with Crippen molar-refractivity contribution in [2.24, 2.45) is 0 Å². The van der Waals surface area contributed by atoms with Crippen molar-refractivity contribution in [1.82, 2.24) is 5.32 Å². The van der Waals surface area contributed by atoms with E-state index in [0.29, 0.717) is 18.3 Å². The maximum Gasteiger partial charge on any atom is 0.387 e. The molecule has 1 aliphatic heterocycles. The zero-order chi connectivity index (χ0) is 14.4. The van der Waals surface area contributed by atoms with Crippen molar-refractivity contribution in [2.75, 3.05) is 18.6 Å². The molecule has 0 amide bonds. The first-order valence-corrected chi connectivity index (χ1v) is 7.77. The third-order valence-electron chi connectivity index (χ3n) is 3.20. The van der Waals surface area contributed by atoms with Gasteiger partial charge in [-0.2, -0.15) is 20.5 Å². The summed E-state index contributed by atoms with van der Waals surface area (Å²) in [4.78, 5) is 0. The van der Waals surface area contributed by atoms with E-state index in [1.54, 1.807) is 12.1 Å². The second kappa shape index (κ2) is 7.69. The van der Waals surface area contributed by atoms with Crippen LogP contribution in [0.25, 0.3) is 0 Å². The molecule has 1 unspecified atom stereocenters. The highest BCUT2D eigenvalue weighted by atomic mass is 32.2. The van der Waals surface area contributed by atoms with Gasteiger partial charge in [-0.05, 0) is 36.3 Å². The Bertz CT molecular complexity index is 426. The Labute approximate surface area is 122 Å². The number of hydrogen-bond acceptors (Lipinski definition) is 4. The van der Waals surface area contributed by atoms with E-state index in [2.05, 4.69) is 10.1 Å². The first kappa shape index (κ1) is 15.4. The summed E-state index contributed by atoms with van der Waals surface area (Å²) in [7, 11) is 1.44. The van der Waals surface area contributed by atoms with Gasteiger partial charge in [-0.1, -0.05) is 6.07 Å². The highest BCUT2D eigenvalue weighted by Crippen LogP contribution is 2.29. The van der Waals surface area contributed by atoms with Crippen LogP contribution >= 0.6 is 11.8 Å². The van der Waals surface area contributed by atoms with Gasteiger partial charge in [0.15, 0.2) is 11.5 Å². The lowest BCUT2D eigenvalue weighted by Crippen LogP contribution is -2.33. The first-order valence-electron chi connectivity index (χ1n) is 6.62. The molecule has 0 saturated carbocycles. The summed E-state index contributed by atoms with van der Waals surface area (Å²) in [6.07, 6.45) is 2.40. The minimum Gasteiger partial charge on any atom is -0.493 e. The summed E-state index contributed by atoms with van der Waals surface area (Å²) in [6.45, 7) is -2.20. The van der Waals surface area contributed by atoms with Crippen LogP contribution in [0.15, 0.2) is 18.2 Å². The molecule has 1 aromatic carbocycles. The molecule has 1 saturated heterocycles. The van der Waals surface area contributed by atoms with Gasteiger partial charge >= 0.3 is 6.61 Å². The van der Waals surface area contributed by atoms with Crippen LogP contribution in [0.3, 0.4) is 0 Å². The molecule has 0 aromatic heterocycles. The van der Waals surface area contributed by atoms with Crippen molar-refractivity contribution < 1.29 is 18.3 Å². The van der Waals surface area contributed by atoms with E-state index in [1.807, 2.05) is 17.8 Å². The maximum absolute atomic E-state index is 12.3. The molecule has 1 atom stereocenters. The van der Waals surface area contributed by atoms with Gasteiger partial charge in [-0.25, -0.2) is 0 Å². The first-order chi connectivity index (χ1) is 9.69. The molecule has 1 aromatic rings. The minimum absolute atomic E-state index is 0.0832. The molecule has 1 N–H and O–H groups in total. The van der Waals surface area contributed by atoms with Crippen molar-refractivity contribution in [1.29, 1.82) is 0 Å².